The normalized spacial score (nSPS) is 12.1. The first-order valence-corrected chi connectivity index (χ1v) is 8.96. The maximum absolute atomic E-state index is 4.27. The minimum atomic E-state index is 0.152. The maximum Gasteiger partial charge on any atom is 0.191 e. The Morgan fingerprint density at radius 3 is 2.29 bits per heavy atom. The lowest BCUT2D eigenvalue weighted by Gasteiger charge is -2.23. The number of nitrogens with one attached hydrogen (secondary N) is 3. The molecule has 1 rings (SSSR count). The minimum Gasteiger partial charge on any atom is -0.372 e. The highest BCUT2D eigenvalue weighted by atomic mass is 15.2. The summed E-state index contributed by atoms with van der Waals surface area (Å²) >= 11 is 0. The van der Waals surface area contributed by atoms with Gasteiger partial charge in [0, 0.05) is 51.0 Å². The van der Waals surface area contributed by atoms with Crippen LogP contribution in [-0.2, 0) is 0 Å². The van der Waals surface area contributed by atoms with E-state index in [1.54, 1.807) is 0 Å². The number of hydrogen-bond donors (Lipinski definition) is 3. The van der Waals surface area contributed by atoms with Gasteiger partial charge in [0.1, 0.15) is 0 Å². The standard InChI is InChI=1S/C19H35N5/c1-6-24(17-11-8-7-9-12-17)16-10-13-21-18(20-5)22-14-15-23-19(2,3)4/h7-9,11-12,23H,6,10,13-16H2,1-5H3,(H2,20,21,22). The fourth-order valence-corrected chi connectivity index (χ4v) is 2.42. The molecule has 24 heavy (non-hydrogen) atoms. The third kappa shape index (κ3) is 8.77. The number of benzene rings is 1. The minimum absolute atomic E-state index is 0.152. The van der Waals surface area contributed by atoms with Crippen molar-refractivity contribution < 1.29 is 0 Å². The molecule has 136 valence electrons. The average molecular weight is 334 g/mol. The SMILES string of the molecule is CCN(CCCNC(=NC)NCCNC(C)(C)C)c1ccccc1. The van der Waals surface area contributed by atoms with E-state index in [1.165, 1.54) is 5.69 Å². The third-order valence-corrected chi connectivity index (χ3v) is 3.70. The van der Waals surface area contributed by atoms with Gasteiger partial charge in [0.05, 0.1) is 0 Å². The number of hydrogen-bond acceptors (Lipinski definition) is 3. The van der Waals surface area contributed by atoms with Gasteiger partial charge < -0.3 is 20.9 Å². The molecule has 0 aliphatic rings. The number of aliphatic imine (C=N–C) groups is 1. The third-order valence-electron chi connectivity index (χ3n) is 3.70. The summed E-state index contributed by atoms with van der Waals surface area (Å²) in [7, 11) is 1.81. The summed E-state index contributed by atoms with van der Waals surface area (Å²) in [6.45, 7) is 13.5. The molecule has 3 N–H and O–H groups in total. The number of nitrogens with zero attached hydrogens (tertiary/aromatic N) is 2. The lowest BCUT2D eigenvalue weighted by atomic mass is 10.1. The fraction of sp³-hybridized carbons (Fsp3) is 0.632. The summed E-state index contributed by atoms with van der Waals surface area (Å²) in [5, 5.41) is 10.2. The Morgan fingerprint density at radius 2 is 1.71 bits per heavy atom. The van der Waals surface area contributed by atoms with Crippen molar-refractivity contribution in [3.05, 3.63) is 30.3 Å². The van der Waals surface area contributed by atoms with E-state index in [4.69, 9.17) is 0 Å². The van der Waals surface area contributed by atoms with Crippen molar-refractivity contribution in [3.8, 4) is 0 Å². The molecule has 0 fully saturated rings. The monoisotopic (exact) mass is 333 g/mol. The van der Waals surface area contributed by atoms with Crippen LogP contribution in [0.4, 0.5) is 5.69 Å². The first-order chi connectivity index (χ1) is 11.5. The Labute approximate surface area is 147 Å². The summed E-state index contributed by atoms with van der Waals surface area (Å²) < 4.78 is 0. The Hall–Kier alpha value is -1.75. The molecule has 0 radical (unpaired) electrons. The zero-order valence-corrected chi connectivity index (χ0v) is 16.0. The Morgan fingerprint density at radius 1 is 1.04 bits per heavy atom. The zero-order valence-electron chi connectivity index (χ0n) is 16.0. The van der Waals surface area contributed by atoms with E-state index in [-0.39, 0.29) is 5.54 Å². The summed E-state index contributed by atoms with van der Waals surface area (Å²) in [4.78, 5) is 6.66. The second kappa shape index (κ2) is 10.9. The van der Waals surface area contributed by atoms with Gasteiger partial charge in [-0.25, -0.2) is 0 Å². The number of guanidine groups is 1. The molecule has 0 unspecified atom stereocenters. The van der Waals surface area contributed by atoms with E-state index in [0.717, 1.165) is 45.1 Å². The van der Waals surface area contributed by atoms with Crippen molar-refractivity contribution in [2.24, 2.45) is 4.99 Å². The van der Waals surface area contributed by atoms with Crippen LogP contribution in [0.1, 0.15) is 34.1 Å². The molecular weight excluding hydrogens is 298 g/mol. The lowest BCUT2D eigenvalue weighted by molar-refractivity contribution is 0.428. The Bertz CT molecular complexity index is 464. The van der Waals surface area contributed by atoms with E-state index in [1.807, 2.05) is 7.05 Å². The molecule has 0 heterocycles. The number of anilines is 1. The van der Waals surface area contributed by atoms with Gasteiger partial charge in [0.15, 0.2) is 5.96 Å². The van der Waals surface area contributed by atoms with Gasteiger partial charge >= 0.3 is 0 Å². The highest BCUT2D eigenvalue weighted by Gasteiger charge is 2.07. The van der Waals surface area contributed by atoms with Gasteiger partial charge in [0.25, 0.3) is 0 Å². The molecule has 0 saturated carbocycles. The van der Waals surface area contributed by atoms with Gasteiger partial charge in [-0.15, -0.1) is 0 Å². The molecule has 1 aromatic rings. The molecule has 5 heteroatoms. The van der Waals surface area contributed by atoms with Gasteiger partial charge in [-0.1, -0.05) is 18.2 Å². The topological polar surface area (TPSA) is 51.7 Å². The van der Waals surface area contributed by atoms with Crippen molar-refractivity contribution in [1.82, 2.24) is 16.0 Å². The van der Waals surface area contributed by atoms with Gasteiger partial charge in [-0.2, -0.15) is 0 Å². The fourth-order valence-electron chi connectivity index (χ4n) is 2.42. The van der Waals surface area contributed by atoms with Crippen LogP contribution in [0, 0.1) is 0 Å². The summed E-state index contributed by atoms with van der Waals surface area (Å²) in [6.07, 6.45) is 1.07. The molecule has 0 amide bonds. The number of para-hydroxylation sites is 1. The summed E-state index contributed by atoms with van der Waals surface area (Å²) in [5.41, 5.74) is 1.44. The predicted molar refractivity (Wildman–Crippen MR) is 106 cm³/mol. The molecule has 5 nitrogen and oxygen atoms in total. The van der Waals surface area contributed by atoms with Crippen molar-refractivity contribution in [1.29, 1.82) is 0 Å². The van der Waals surface area contributed by atoms with E-state index in [0.29, 0.717) is 0 Å². The second-order valence-corrected chi connectivity index (χ2v) is 6.87. The largest absolute Gasteiger partial charge is 0.372 e. The molecule has 0 bridgehead atoms. The van der Waals surface area contributed by atoms with Crippen LogP contribution in [-0.4, -0.2) is 51.3 Å². The van der Waals surface area contributed by atoms with Crippen LogP contribution < -0.4 is 20.9 Å². The molecule has 0 saturated heterocycles. The lowest BCUT2D eigenvalue weighted by Crippen LogP contribution is -2.44. The van der Waals surface area contributed by atoms with Gasteiger partial charge in [-0.3, -0.25) is 4.99 Å². The smallest absolute Gasteiger partial charge is 0.191 e. The van der Waals surface area contributed by atoms with E-state index < -0.39 is 0 Å². The van der Waals surface area contributed by atoms with Crippen LogP contribution in [0.5, 0.6) is 0 Å². The predicted octanol–water partition coefficient (Wildman–Crippen LogP) is 2.46. The van der Waals surface area contributed by atoms with Crippen molar-refractivity contribution in [3.63, 3.8) is 0 Å². The molecule has 0 atom stereocenters. The van der Waals surface area contributed by atoms with E-state index in [9.17, 15) is 0 Å². The van der Waals surface area contributed by atoms with Crippen LogP contribution in [0.3, 0.4) is 0 Å². The van der Waals surface area contributed by atoms with Crippen molar-refractivity contribution in [2.45, 2.75) is 39.7 Å². The van der Waals surface area contributed by atoms with Gasteiger partial charge in [0.2, 0.25) is 0 Å². The molecular formula is C19H35N5. The first kappa shape index (κ1) is 20.3. The number of rotatable bonds is 9. The Balaban J connectivity index is 2.22. The van der Waals surface area contributed by atoms with Crippen molar-refractivity contribution in [2.75, 3.05) is 44.7 Å². The first-order valence-electron chi connectivity index (χ1n) is 8.96. The molecule has 0 spiro atoms. The molecule has 0 aliphatic carbocycles. The van der Waals surface area contributed by atoms with E-state index in [2.05, 4.69) is 83.9 Å². The quantitative estimate of drug-likeness (QED) is 0.369. The highest BCUT2D eigenvalue weighted by molar-refractivity contribution is 5.79. The zero-order chi connectivity index (χ0) is 17.8. The van der Waals surface area contributed by atoms with Crippen LogP contribution >= 0.6 is 0 Å². The second-order valence-electron chi connectivity index (χ2n) is 6.87. The molecule has 0 aliphatic heterocycles. The van der Waals surface area contributed by atoms with Crippen molar-refractivity contribution >= 4 is 11.6 Å². The van der Waals surface area contributed by atoms with Gasteiger partial charge in [-0.05, 0) is 46.2 Å². The van der Waals surface area contributed by atoms with Crippen LogP contribution in [0.15, 0.2) is 35.3 Å². The maximum atomic E-state index is 4.27. The summed E-state index contributed by atoms with van der Waals surface area (Å²) in [6, 6.07) is 10.6. The molecule has 1 aromatic carbocycles. The average Bonchev–Trinajstić information content (AvgIpc) is 2.56. The molecule has 0 aromatic heterocycles. The van der Waals surface area contributed by atoms with Crippen LogP contribution in [0.2, 0.25) is 0 Å². The highest BCUT2D eigenvalue weighted by Crippen LogP contribution is 2.12. The summed E-state index contributed by atoms with van der Waals surface area (Å²) in [5.74, 6) is 0.869. The Kier molecular flexibility index (Phi) is 9.23. The van der Waals surface area contributed by atoms with Crippen LogP contribution in [0.25, 0.3) is 0 Å². The van der Waals surface area contributed by atoms with E-state index >= 15 is 0 Å².